The quantitative estimate of drug-likeness (QED) is 0.856. The van der Waals surface area contributed by atoms with E-state index in [2.05, 4.69) is 4.98 Å². The van der Waals surface area contributed by atoms with Gasteiger partial charge in [0.25, 0.3) is 0 Å². The zero-order valence-electron chi connectivity index (χ0n) is 11.7. The number of aromatic carboxylic acids is 1. The van der Waals surface area contributed by atoms with Crippen molar-refractivity contribution in [3.63, 3.8) is 0 Å². The van der Waals surface area contributed by atoms with Gasteiger partial charge in [0.15, 0.2) is 0 Å². The van der Waals surface area contributed by atoms with E-state index in [4.69, 9.17) is 0 Å². The number of aromatic nitrogens is 1. The second-order valence-electron chi connectivity index (χ2n) is 5.54. The number of carboxylic acids is 1. The highest BCUT2D eigenvalue weighted by molar-refractivity contribution is 6.03. The molecule has 1 saturated carbocycles. The number of hydrogen-bond acceptors (Lipinski definition) is 3. The van der Waals surface area contributed by atoms with E-state index >= 15 is 0 Å². The highest BCUT2D eigenvalue weighted by atomic mass is 16.4. The van der Waals surface area contributed by atoms with E-state index in [0.29, 0.717) is 23.0 Å². The summed E-state index contributed by atoms with van der Waals surface area (Å²) in [4.78, 5) is 28.3. The Bertz CT molecular complexity index is 708. The highest BCUT2D eigenvalue weighted by Crippen LogP contribution is 2.30. The van der Waals surface area contributed by atoms with Gasteiger partial charge in [-0.25, -0.2) is 4.79 Å². The van der Waals surface area contributed by atoms with Crippen molar-refractivity contribution in [2.75, 3.05) is 0 Å². The Hall–Kier alpha value is -2.23. The lowest BCUT2D eigenvalue weighted by atomic mass is 9.93. The molecule has 1 fully saturated rings. The van der Waals surface area contributed by atoms with Crippen LogP contribution in [0.25, 0.3) is 10.9 Å². The molecule has 108 valence electrons. The number of pyridine rings is 1. The number of carbonyl (C=O) groups excluding carboxylic acids is 1. The maximum absolute atomic E-state index is 12.2. The molecule has 1 heterocycles. The Morgan fingerprint density at radius 2 is 2.00 bits per heavy atom. The largest absolute Gasteiger partial charge is 0.478 e. The Kier molecular flexibility index (Phi) is 3.69. The first-order valence-corrected chi connectivity index (χ1v) is 7.32. The summed E-state index contributed by atoms with van der Waals surface area (Å²) in [6.45, 7) is 0. The van der Waals surface area contributed by atoms with Gasteiger partial charge in [0.1, 0.15) is 5.78 Å². The first kappa shape index (κ1) is 13.7. The van der Waals surface area contributed by atoms with Crippen molar-refractivity contribution in [1.29, 1.82) is 0 Å². The van der Waals surface area contributed by atoms with E-state index in [1.54, 1.807) is 24.3 Å². The summed E-state index contributed by atoms with van der Waals surface area (Å²) in [6, 6.07) is 8.77. The fourth-order valence-electron chi connectivity index (χ4n) is 3.02. The summed E-state index contributed by atoms with van der Waals surface area (Å²) in [6.07, 6.45) is 4.31. The van der Waals surface area contributed by atoms with Crippen molar-refractivity contribution in [2.45, 2.75) is 38.0 Å². The molecule has 0 aliphatic heterocycles. The number of ketones is 1. The van der Waals surface area contributed by atoms with E-state index in [-0.39, 0.29) is 17.3 Å². The van der Waals surface area contributed by atoms with Crippen molar-refractivity contribution in [3.8, 4) is 0 Å². The molecule has 0 saturated heterocycles. The van der Waals surface area contributed by atoms with Gasteiger partial charge in [-0.05, 0) is 25.0 Å². The van der Waals surface area contributed by atoms with Crippen LogP contribution >= 0.6 is 0 Å². The van der Waals surface area contributed by atoms with Crippen LogP contribution in [0.2, 0.25) is 0 Å². The topological polar surface area (TPSA) is 67.3 Å². The number of para-hydroxylation sites is 1. The van der Waals surface area contributed by atoms with E-state index in [0.717, 1.165) is 25.7 Å². The van der Waals surface area contributed by atoms with Crippen molar-refractivity contribution < 1.29 is 14.7 Å². The third kappa shape index (κ3) is 2.66. The van der Waals surface area contributed by atoms with Crippen LogP contribution in [0.5, 0.6) is 0 Å². The molecule has 1 aliphatic rings. The van der Waals surface area contributed by atoms with Gasteiger partial charge < -0.3 is 5.11 Å². The minimum Gasteiger partial charge on any atom is -0.478 e. The Morgan fingerprint density at radius 1 is 1.19 bits per heavy atom. The molecule has 1 N–H and O–H groups in total. The molecule has 1 unspecified atom stereocenters. The third-order valence-electron chi connectivity index (χ3n) is 4.13. The maximum atomic E-state index is 12.2. The van der Waals surface area contributed by atoms with Crippen molar-refractivity contribution in [3.05, 3.63) is 41.6 Å². The molecule has 1 aromatic heterocycles. The molecule has 0 spiro atoms. The van der Waals surface area contributed by atoms with Gasteiger partial charge in [-0.15, -0.1) is 0 Å². The normalized spacial score (nSPS) is 19.4. The number of carboxylic acid groups (broad SMARTS) is 1. The molecule has 2 aromatic rings. The molecular weight excluding hydrogens is 266 g/mol. The first-order valence-electron chi connectivity index (χ1n) is 7.32. The number of nitrogens with zero attached hydrogens (tertiary/aromatic N) is 1. The van der Waals surface area contributed by atoms with Crippen LogP contribution in [-0.4, -0.2) is 21.8 Å². The van der Waals surface area contributed by atoms with Crippen LogP contribution in [-0.2, 0) is 4.79 Å². The van der Waals surface area contributed by atoms with Gasteiger partial charge in [-0.1, -0.05) is 31.0 Å². The molecule has 1 aromatic carbocycles. The lowest BCUT2D eigenvalue weighted by Gasteiger charge is -2.14. The Morgan fingerprint density at radius 3 is 2.81 bits per heavy atom. The number of rotatable bonds is 2. The second-order valence-corrected chi connectivity index (χ2v) is 5.54. The summed E-state index contributed by atoms with van der Waals surface area (Å²) in [5, 5.41) is 10.0. The van der Waals surface area contributed by atoms with Crippen molar-refractivity contribution in [1.82, 2.24) is 4.98 Å². The Labute approximate surface area is 122 Å². The standard InChI is InChI=1S/C17H17NO3/c19-16-9-3-1-2-7-12(16)15-10-13(17(20)21)11-6-4-5-8-14(11)18-15/h4-6,8,10,12H,1-3,7,9H2,(H,20,21). The lowest BCUT2D eigenvalue weighted by molar-refractivity contribution is -0.120. The van der Waals surface area contributed by atoms with Gasteiger partial charge in [-0.2, -0.15) is 0 Å². The lowest BCUT2D eigenvalue weighted by Crippen LogP contribution is -2.13. The number of carbonyl (C=O) groups is 2. The molecule has 1 aliphatic carbocycles. The number of benzene rings is 1. The molecule has 4 nitrogen and oxygen atoms in total. The third-order valence-corrected chi connectivity index (χ3v) is 4.13. The summed E-state index contributed by atoms with van der Waals surface area (Å²) in [7, 11) is 0. The van der Waals surface area contributed by atoms with Crippen LogP contribution < -0.4 is 0 Å². The molecule has 0 radical (unpaired) electrons. The summed E-state index contributed by atoms with van der Waals surface area (Å²) in [5.74, 6) is -1.04. The van der Waals surface area contributed by atoms with Crippen LogP contribution in [0.4, 0.5) is 0 Å². The predicted molar refractivity (Wildman–Crippen MR) is 79.5 cm³/mol. The second kappa shape index (κ2) is 5.64. The zero-order valence-corrected chi connectivity index (χ0v) is 11.7. The van der Waals surface area contributed by atoms with E-state index in [9.17, 15) is 14.7 Å². The summed E-state index contributed by atoms with van der Waals surface area (Å²) >= 11 is 0. The zero-order chi connectivity index (χ0) is 14.8. The highest BCUT2D eigenvalue weighted by Gasteiger charge is 2.25. The number of fused-ring (bicyclic) bond motifs is 1. The Balaban J connectivity index is 2.14. The fourth-order valence-corrected chi connectivity index (χ4v) is 3.02. The maximum Gasteiger partial charge on any atom is 0.336 e. The van der Waals surface area contributed by atoms with Gasteiger partial charge >= 0.3 is 5.97 Å². The minimum absolute atomic E-state index is 0.187. The molecule has 3 rings (SSSR count). The average molecular weight is 283 g/mol. The van der Waals surface area contributed by atoms with Crippen LogP contribution in [0.15, 0.2) is 30.3 Å². The predicted octanol–water partition coefficient (Wildman–Crippen LogP) is 3.55. The molecule has 1 atom stereocenters. The first-order chi connectivity index (χ1) is 10.2. The van der Waals surface area contributed by atoms with Gasteiger partial charge in [0.05, 0.1) is 22.7 Å². The molecule has 21 heavy (non-hydrogen) atoms. The van der Waals surface area contributed by atoms with Gasteiger partial charge in [-0.3, -0.25) is 9.78 Å². The summed E-state index contributed by atoms with van der Waals surface area (Å²) in [5.41, 5.74) is 1.48. The van der Waals surface area contributed by atoms with E-state index in [1.165, 1.54) is 0 Å². The number of Topliss-reactive ketones (excluding diaryl/α,β-unsaturated/α-hetero) is 1. The van der Waals surface area contributed by atoms with Crippen molar-refractivity contribution >= 4 is 22.7 Å². The molecule has 0 bridgehead atoms. The molecule has 0 amide bonds. The van der Waals surface area contributed by atoms with Gasteiger partial charge in [0, 0.05) is 11.8 Å². The SMILES string of the molecule is O=C(O)c1cc(C2CCCCCC2=O)nc2ccccc12. The molecule has 4 heteroatoms. The smallest absolute Gasteiger partial charge is 0.336 e. The number of hydrogen-bond donors (Lipinski definition) is 1. The van der Waals surface area contributed by atoms with E-state index < -0.39 is 5.97 Å². The van der Waals surface area contributed by atoms with Crippen molar-refractivity contribution in [2.24, 2.45) is 0 Å². The fraction of sp³-hybridized carbons (Fsp3) is 0.353. The van der Waals surface area contributed by atoms with E-state index in [1.807, 2.05) is 6.07 Å². The minimum atomic E-state index is -0.976. The van der Waals surface area contributed by atoms with Crippen LogP contribution in [0.3, 0.4) is 0 Å². The van der Waals surface area contributed by atoms with Crippen LogP contribution in [0, 0.1) is 0 Å². The average Bonchev–Trinajstić information content (AvgIpc) is 2.70. The van der Waals surface area contributed by atoms with Crippen LogP contribution in [0.1, 0.15) is 54.1 Å². The summed E-state index contributed by atoms with van der Waals surface area (Å²) < 4.78 is 0. The monoisotopic (exact) mass is 283 g/mol. The molecular formula is C17H17NO3. The van der Waals surface area contributed by atoms with Gasteiger partial charge in [0.2, 0.25) is 0 Å².